The molecule has 2 heterocycles. The lowest BCUT2D eigenvalue weighted by Crippen LogP contribution is -2.26. The molecule has 4 rings (SSSR count). The maximum absolute atomic E-state index is 13.1. The van der Waals surface area contributed by atoms with Crippen molar-refractivity contribution in [1.82, 2.24) is 4.98 Å². The number of hydrogen-bond acceptors (Lipinski definition) is 5. The number of furan rings is 1. The van der Waals surface area contributed by atoms with Crippen LogP contribution in [-0.2, 0) is 9.59 Å². The van der Waals surface area contributed by atoms with Gasteiger partial charge in [0.15, 0.2) is 10.8 Å². The SMILES string of the molecule is Cc1ccccc1NC(=O)C(=Cc1csc(-c2ccco2)n1)C(=O)Nc1ccccc1C. The summed E-state index contributed by atoms with van der Waals surface area (Å²) in [6, 6.07) is 18.4. The van der Waals surface area contributed by atoms with Gasteiger partial charge in [-0.05, 0) is 55.3 Å². The number of carbonyl (C=O) groups is 2. The van der Waals surface area contributed by atoms with E-state index in [1.54, 1.807) is 29.8 Å². The van der Waals surface area contributed by atoms with Gasteiger partial charge in [0.05, 0.1) is 12.0 Å². The molecule has 0 spiro atoms. The van der Waals surface area contributed by atoms with Gasteiger partial charge >= 0.3 is 0 Å². The molecule has 0 saturated heterocycles. The number of benzene rings is 2. The molecule has 2 amide bonds. The fourth-order valence-corrected chi connectivity index (χ4v) is 3.80. The lowest BCUT2D eigenvalue weighted by atomic mass is 10.1. The molecule has 2 N–H and O–H groups in total. The lowest BCUT2D eigenvalue weighted by Gasteiger charge is -2.12. The first-order valence-corrected chi connectivity index (χ1v) is 10.8. The predicted molar refractivity (Wildman–Crippen MR) is 127 cm³/mol. The summed E-state index contributed by atoms with van der Waals surface area (Å²) in [7, 11) is 0. The van der Waals surface area contributed by atoms with Crippen molar-refractivity contribution in [3.63, 3.8) is 0 Å². The van der Waals surface area contributed by atoms with Crippen LogP contribution < -0.4 is 10.6 Å². The van der Waals surface area contributed by atoms with Gasteiger partial charge < -0.3 is 15.1 Å². The summed E-state index contributed by atoms with van der Waals surface area (Å²) >= 11 is 1.37. The first kappa shape index (κ1) is 21.3. The number of thiazole rings is 1. The minimum atomic E-state index is -0.516. The second-order valence-corrected chi connectivity index (χ2v) is 8.01. The number of nitrogens with one attached hydrogen (secondary N) is 2. The van der Waals surface area contributed by atoms with E-state index >= 15 is 0 Å². The number of aromatic nitrogens is 1. The van der Waals surface area contributed by atoms with Crippen molar-refractivity contribution in [2.24, 2.45) is 0 Å². The van der Waals surface area contributed by atoms with Gasteiger partial charge in [-0.1, -0.05) is 36.4 Å². The number of hydrogen-bond donors (Lipinski definition) is 2. The van der Waals surface area contributed by atoms with E-state index in [9.17, 15) is 9.59 Å². The fourth-order valence-electron chi connectivity index (χ4n) is 3.05. The predicted octanol–water partition coefficient (Wildman–Crippen LogP) is 5.68. The quantitative estimate of drug-likeness (QED) is 0.228. The molecular formula is C25H21N3O3S. The fraction of sp³-hybridized carbons (Fsp3) is 0.0800. The van der Waals surface area contributed by atoms with Crippen LogP contribution in [0.2, 0.25) is 0 Å². The van der Waals surface area contributed by atoms with Crippen molar-refractivity contribution in [1.29, 1.82) is 0 Å². The van der Waals surface area contributed by atoms with Gasteiger partial charge in [-0.3, -0.25) is 9.59 Å². The Hall–Kier alpha value is -3.97. The maximum Gasteiger partial charge on any atom is 0.261 e. The third kappa shape index (κ3) is 4.84. The van der Waals surface area contributed by atoms with Gasteiger partial charge in [-0.15, -0.1) is 11.3 Å². The van der Waals surface area contributed by atoms with Crippen molar-refractivity contribution < 1.29 is 14.0 Å². The Morgan fingerprint density at radius 2 is 1.47 bits per heavy atom. The molecule has 0 radical (unpaired) electrons. The van der Waals surface area contributed by atoms with Crippen LogP contribution in [0.4, 0.5) is 11.4 Å². The number of rotatable bonds is 6. The molecule has 4 aromatic rings. The Morgan fingerprint density at radius 1 is 0.875 bits per heavy atom. The molecule has 0 bridgehead atoms. The number of amides is 2. The number of para-hydroxylation sites is 2. The van der Waals surface area contributed by atoms with E-state index in [-0.39, 0.29) is 5.57 Å². The van der Waals surface area contributed by atoms with Crippen LogP contribution in [0.3, 0.4) is 0 Å². The monoisotopic (exact) mass is 443 g/mol. The first-order chi connectivity index (χ1) is 15.5. The third-order valence-electron chi connectivity index (χ3n) is 4.82. The standard InChI is InChI=1S/C25H21N3O3S/c1-16-8-3-5-10-20(16)27-23(29)19(24(30)28-21-11-6-4-9-17(21)2)14-18-15-32-25(26-18)22-12-7-13-31-22/h3-15H,1-2H3,(H,27,29)(H,28,30). The molecule has 0 atom stereocenters. The highest BCUT2D eigenvalue weighted by molar-refractivity contribution is 7.13. The maximum atomic E-state index is 13.1. The average molecular weight is 444 g/mol. The van der Waals surface area contributed by atoms with Crippen LogP contribution in [-0.4, -0.2) is 16.8 Å². The minimum absolute atomic E-state index is 0.0483. The first-order valence-electron chi connectivity index (χ1n) is 9.96. The summed E-state index contributed by atoms with van der Waals surface area (Å²) in [6.07, 6.45) is 3.06. The molecule has 0 fully saturated rings. The van der Waals surface area contributed by atoms with Gasteiger partial charge in [0.25, 0.3) is 11.8 Å². The van der Waals surface area contributed by atoms with E-state index in [2.05, 4.69) is 15.6 Å². The molecular weight excluding hydrogens is 422 g/mol. The molecule has 0 aliphatic rings. The van der Waals surface area contributed by atoms with Gasteiger partial charge in [-0.2, -0.15) is 0 Å². The highest BCUT2D eigenvalue weighted by Gasteiger charge is 2.21. The van der Waals surface area contributed by atoms with Crippen molar-refractivity contribution >= 4 is 40.6 Å². The number of nitrogens with zero attached hydrogens (tertiary/aromatic N) is 1. The normalized spacial score (nSPS) is 10.4. The summed E-state index contributed by atoms with van der Waals surface area (Å²) in [4.78, 5) is 30.8. The molecule has 2 aromatic carbocycles. The summed E-state index contributed by atoms with van der Waals surface area (Å²) in [6.45, 7) is 3.78. The number of aryl methyl sites for hydroxylation is 2. The van der Waals surface area contributed by atoms with Crippen LogP contribution in [0, 0.1) is 13.8 Å². The van der Waals surface area contributed by atoms with E-state index in [1.807, 2.05) is 56.3 Å². The molecule has 0 unspecified atom stereocenters. The van der Waals surface area contributed by atoms with E-state index in [4.69, 9.17) is 4.42 Å². The molecule has 0 aliphatic carbocycles. The number of anilines is 2. The second kappa shape index (κ2) is 9.45. The Labute approximate surface area is 189 Å². The van der Waals surface area contributed by atoms with Gasteiger partial charge in [-0.25, -0.2) is 4.98 Å². The van der Waals surface area contributed by atoms with Crippen molar-refractivity contribution in [3.8, 4) is 10.8 Å². The van der Waals surface area contributed by atoms with Gasteiger partial charge in [0.2, 0.25) is 0 Å². The summed E-state index contributed by atoms with van der Waals surface area (Å²) in [5.74, 6) is -0.402. The van der Waals surface area contributed by atoms with Crippen LogP contribution in [0.25, 0.3) is 16.8 Å². The van der Waals surface area contributed by atoms with Crippen molar-refractivity contribution in [2.75, 3.05) is 10.6 Å². The van der Waals surface area contributed by atoms with E-state index < -0.39 is 11.8 Å². The summed E-state index contributed by atoms with van der Waals surface area (Å²) < 4.78 is 5.39. The summed E-state index contributed by atoms with van der Waals surface area (Å²) in [5.41, 5.74) is 3.52. The van der Waals surface area contributed by atoms with Gasteiger partial charge in [0, 0.05) is 16.8 Å². The highest BCUT2D eigenvalue weighted by atomic mass is 32.1. The number of carbonyl (C=O) groups excluding carboxylic acids is 2. The van der Waals surface area contributed by atoms with Crippen molar-refractivity contribution in [3.05, 3.63) is 94.7 Å². The zero-order valence-corrected chi connectivity index (χ0v) is 18.4. The lowest BCUT2D eigenvalue weighted by molar-refractivity contribution is -0.118. The Bertz CT molecular complexity index is 1230. The molecule has 0 saturated carbocycles. The minimum Gasteiger partial charge on any atom is -0.462 e. The van der Waals surface area contributed by atoms with E-state index in [1.165, 1.54) is 17.4 Å². The van der Waals surface area contributed by atoms with Crippen LogP contribution in [0.1, 0.15) is 16.8 Å². The summed E-state index contributed by atoms with van der Waals surface area (Å²) in [5, 5.41) is 8.11. The second-order valence-electron chi connectivity index (χ2n) is 7.15. The molecule has 0 aliphatic heterocycles. The van der Waals surface area contributed by atoms with Gasteiger partial charge in [0.1, 0.15) is 5.57 Å². The molecule has 7 heteroatoms. The van der Waals surface area contributed by atoms with E-state index in [0.29, 0.717) is 27.8 Å². The Kier molecular flexibility index (Phi) is 6.28. The molecule has 2 aromatic heterocycles. The van der Waals surface area contributed by atoms with Crippen LogP contribution in [0.5, 0.6) is 0 Å². The van der Waals surface area contributed by atoms with Crippen LogP contribution in [0.15, 0.2) is 82.3 Å². The highest BCUT2D eigenvalue weighted by Crippen LogP contribution is 2.25. The molecule has 6 nitrogen and oxygen atoms in total. The van der Waals surface area contributed by atoms with Crippen LogP contribution >= 0.6 is 11.3 Å². The zero-order valence-electron chi connectivity index (χ0n) is 17.6. The van der Waals surface area contributed by atoms with Crippen molar-refractivity contribution in [2.45, 2.75) is 13.8 Å². The molecule has 160 valence electrons. The zero-order chi connectivity index (χ0) is 22.5. The third-order valence-corrected chi connectivity index (χ3v) is 5.70. The topological polar surface area (TPSA) is 84.2 Å². The molecule has 32 heavy (non-hydrogen) atoms. The Morgan fingerprint density at radius 3 is 2.00 bits per heavy atom. The van der Waals surface area contributed by atoms with E-state index in [0.717, 1.165) is 11.1 Å². The average Bonchev–Trinajstić information content (AvgIpc) is 3.47. The smallest absolute Gasteiger partial charge is 0.261 e. The Balaban J connectivity index is 1.66. The largest absolute Gasteiger partial charge is 0.462 e.